The molecule has 0 radical (unpaired) electrons. The molecule has 0 unspecified atom stereocenters. The number of nitrogens with one attached hydrogen (secondary N) is 1. The molecule has 4 nitrogen and oxygen atoms in total. The molecule has 2 rings (SSSR count). The Hall–Kier alpha value is -1.37. The zero-order valence-electron chi connectivity index (χ0n) is 12.1. The quantitative estimate of drug-likeness (QED) is 0.851. The lowest BCUT2D eigenvalue weighted by molar-refractivity contribution is 0.402. The summed E-state index contributed by atoms with van der Waals surface area (Å²) in [6.45, 7) is 2.36. The number of aryl methyl sites for hydroxylation is 1. The number of benzene rings is 1. The van der Waals surface area contributed by atoms with Crippen molar-refractivity contribution in [1.82, 2.24) is 4.72 Å². The summed E-state index contributed by atoms with van der Waals surface area (Å²) in [5.74, 6) is 0.371. The monoisotopic (exact) mass is 325 g/mol. The molecule has 0 saturated carbocycles. The highest BCUT2D eigenvalue weighted by Crippen LogP contribution is 2.25. The topological polar surface area (TPSA) is 55.4 Å². The molecule has 0 bridgehead atoms. The van der Waals surface area contributed by atoms with E-state index >= 15 is 0 Å². The lowest BCUT2D eigenvalue weighted by Gasteiger charge is -2.12. The summed E-state index contributed by atoms with van der Waals surface area (Å²) in [5.41, 5.74) is 2.10. The Morgan fingerprint density at radius 3 is 2.67 bits per heavy atom. The molecule has 0 atom stereocenters. The highest BCUT2D eigenvalue weighted by molar-refractivity contribution is 7.89. The predicted octanol–water partition coefficient (Wildman–Crippen LogP) is 2.84. The highest BCUT2D eigenvalue weighted by atomic mass is 32.2. The Balaban J connectivity index is 2.14. The number of sulfonamides is 1. The molecule has 1 aromatic heterocycles. The van der Waals surface area contributed by atoms with Crippen LogP contribution in [0.5, 0.6) is 5.75 Å². The van der Waals surface area contributed by atoms with Crippen LogP contribution in [0.3, 0.4) is 0 Å². The average molecular weight is 325 g/mol. The van der Waals surface area contributed by atoms with Gasteiger partial charge in [-0.25, -0.2) is 13.1 Å². The summed E-state index contributed by atoms with van der Waals surface area (Å²) in [4.78, 5) is 0.203. The number of methoxy groups -OCH3 is 1. The van der Waals surface area contributed by atoms with Gasteiger partial charge < -0.3 is 4.74 Å². The molecule has 0 aliphatic heterocycles. The minimum absolute atomic E-state index is 0.203. The van der Waals surface area contributed by atoms with Crippen molar-refractivity contribution in [2.24, 2.45) is 0 Å². The van der Waals surface area contributed by atoms with Crippen molar-refractivity contribution in [3.8, 4) is 5.75 Å². The van der Waals surface area contributed by atoms with Crippen molar-refractivity contribution in [1.29, 1.82) is 0 Å². The number of rotatable bonds is 7. The fourth-order valence-corrected chi connectivity index (χ4v) is 3.95. The van der Waals surface area contributed by atoms with Crippen LogP contribution in [0.1, 0.15) is 18.1 Å². The third-order valence-corrected chi connectivity index (χ3v) is 5.43. The van der Waals surface area contributed by atoms with Crippen LogP contribution in [-0.2, 0) is 22.9 Å². The van der Waals surface area contributed by atoms with E-state index in [0.29, 0.717) is 18.7 Å². The Morgan fingerprint density at radius 1 is 1.24 bits per heavy atom. The van der Waals surface area contributed by atoms with E-state index in [4.69, 9.17) is 4.74 Å². The van der Waals surface area contributed by atoms with E-state index in [-0.39, 0.29) is 4.90 Å². The summed E-state index contributed by atoms with van der Waals surface area (Å²) in [7, 11) is -2.08. The summed E-state index contributed by atoms with van der Waals surface area (Å²) < 4.78 is 32.6. The van der Waals surface area contributed by atoms with E-state index in [1.807, 2.05) is 29.8 Å². The van der Waals surface area contributed by atoms with Crippen molar-refractivity contribution < 1.29 is 13.2 Å². The standard InChI is InChI=1S/C15H19NO3S2/c1-3-12-4-5-14(19-2)15(10-12)21(17,18)16-8-6-13-7-9-20-11-13/h4-5,7,9-11,16H,3,6,8H2,1-2H3. The molecule has 0 saturated heterocycles. The molecule has 0 amide bonds. The molecule has 0 aliphatic rings. The molecule has 0 aliphatic carbocycles. The van der Waals surface area contributed by atoms with Crippen molar-refractivity contribution >= 4 is 21.4 Å². The second-order valence-corrected chi connectivity index (χ2v) is 7.13. The van der Waals surface area contributed by atoms with Crippen LogP contribution in [0.15, 0.2) is 39.9 Å². The average Bonchev–Trinajstić information content (AvgIpc) is 2.99. The Labute approximate surface area is 129 Å². The summed E-state index contributed by atoms with van der Waals surface area (Å²) in [6.07, 6.45) is 1.46. The van der Waals surface area contributed by atoms with Crippen LogP contribution in [0.25, 0.3) is 0 Å². The molecule has 2 aromatic rings. The van der Waals surface area contributed by atoms with Crippen LogP contribution in [0.2, 0.25) is 0 Å². The van der Waals surface area contributed by atoms with Gasteiger partial charge in [0.2, 0.25) is 10.0 Å². The van der Waals surface area contributed by atoms with Gasteiger partial charge in [-0.2, -0.15) is 11.3 Å². The molecule has 114 valence electrons. The molecule has 0 fully saturated rings. The Kier molecular flexibility index (Phi) is 5.39. The minimum Gasteiger partial charge on any atom is -0.495 e. The van der Waals surface area contributed by atoms with Gasteiger partial charge in [0, 0.05) is 6.54 Å². The molecule has 1 N–H and O–H groups in total. The van der Waals surface area contributed by atoms with Gasteiger partial charge in [0.1, 0.15) is 10.6 Å². The van der Waals surface area contributed by atoms with E-state index < -0.39 is 10.0 Å². The molecule has 21 heavy (non-hydrogen) atoms. The first kappa shape index (κ1) is 16.0. The first-order valence-corrected chi connectivity index (χ1v) is 9.17. The number of thiophene rings is 1. The third-order valence-electron chi connectivity index (χ3n) is 3.21. The van der Waals surface area contributed by atoms with E-state index in [2.05, 4.69) is 4.72 Å². The zero-order valence-corrected chi connectivity index (χ0v) is 13.8. The smallest absolute Gasteiger partial charge is 0.244 e. The van der Waals surface area contributed by atoms with E-state index in [9.17, 15) is 8.42 Å². The van der Waals surface area contributed by atoms with Crippen molar-refractivity contribution in [2.75, 3.05) is 13.7 Å². The van der Waals surface area contributed by atoms with Gasteiger partial charge in [-0.15, -0.1) is 0 Å². The fraction of sp³-hybridized carbons (Fsp3) is 0.333. The molecule has 6 heteroatoms. The minimum atomic E-state index is -3.56. The normalized spacial score (nSPS) is 11.5. The molecule has 0 spiro atoms. The third kappa shape index (κ3) is 4.06. The first-order valence-electron chi connectivity index (χ1n) is 6.74. The molecular formula is C15H19NO3S2. The Bertz CT molecular complexity index is 679. The lowest BCUT2D eigenvalue weighted by atomic mass is 10.2. The van der Waals surface area contributed by atoms with Gasteiger partial charge in [0.25, 0.3) is 0 Å². The SMILES string of the molecule is CCc1ccc(OC)c(S(=O)(=O)NCCc2ccsc2)c1. The van der Waals surface area contributed by atoms with Gasteiger partial charge >= 0.3 is 0 Å². The highest BCUT2D eigenvalue weighted by Gasteiger charge is 2.19. The van der Waals surface area contributed by atoms with Crippen molar-refractivity contribution in [2.45, 2.75) is 24.7 Å². The number of hydrogen-bond donors (Lipinski definition) is 1. The van der Waals surface area contributed by atoms with Crippen LogP contribution in [0, 0.1) is 0 Å². The second kappa shape index (κ2) is 7.06. The molecule has 1 heterocycles. The van der Waals surface area contributed by atoms with Crippen LogP contribution >= 0.6 is 11.3 Å². The predicted molar refractivity (Wildman–Crippen MR) is 85.6 cm³/mol. The Morgan fingerprint density at radius 2 is 2.05 bits per heavy atom. The summed E-state index contributed by atoms with van der Waals surface area (Å²) >= 11 is 1.61. The van der Waals surface area contributed by atoms with E-state index in [1.54, 1.807) is 23.5 Å². The summed E-state index contributed by atoms with van der Waals surface area (Å²) in [5, 5.41) is 4.00. The van der Waals surface area contributed by atoms with Gasteiger partial charge in [0.15, 0.2) is 0 Å². The number of hydrogen-bond acceptors (Lipinski definition) is 4. The summed E-state index contributed by atoms with van der Waals surface area (Å²) in [6, 6.07) is 7.25. The van der Waals surface area contributed by atoms with Gasteiger partial charge in [-0.05, 0) is 52.9 Å². The largest absolute Gasteiger partial charge is 0.495 e. The zero-order chi connectivity index (χ0) is 15.3. The lowest BCUT2D eigenvalue weighted by Crippen LogP contribution is -2.26. The fourth-order valence-electron chi connectivity index (χ4n) is 1.99. The maximum atomic E-state index is 12.4. The van der Waals surface area contributed by atoms with Crippen LogP contribution in [0.4, 0.5) is 0 Å². The van der Waals surface area contributed by atoms with E-state index in [1.165, 1.54) is 7.11 Å². The van der Waals surface area contributed by atoms with Gasteiger partial charge in [0.05, 0.1) is 7.11 Å². The van der Waals surface area contributed by atoms with Crippen LogP contribution < -0.4 is 9.46 Å². The number of ether oxygens (including phenoxy) is 1. The second-order valence-electron chi connectivity index (χ2n) is 4.62. The maximum absolute atomic E-state index is 12.4. The van der Waals surface area contributed by atoms with Gasteiger partial charge in [-0.1, -0.05) is 13.0 Å². The van der Waals surface area contributed by atoms with Gasteiger partial charge in [-0.3, -0.25) is 0 Å². The first-order chi connectivity index (χ1) is 10.1. The van der Waals surface area contributed by atoms with E-state index in [0.717, 1.165) is 17.5 Å². The van der Waals surface area contributed by atoms with Crippen molar-refractivity contribution in [3.63, 3.8) is 0 Å². The van der Waals surface area contributed by atoms with Crippen molar-refractivity contribution in [3.05, 3.63) is 46.2 Å². The maximum Gasteiger partial charge on any atom is 0.244 e. The molecular weight excluding hydrogens is 306 g/mol. The molecule has 1 aromatic carbocycles. The van der Waals surface area contributed by atoms with Crippen LogP contribution in [-0.4, -0.2) is 22.1 Å².